The lowest BCUT2D eigenvalue weighted by atomic mass is 10.2. The monoisotopic (exact) mass is 257 g/mol. The molecule has 1 heterocycles. The third kappa shape index (κ3) is 6.14. The van der Waals surface area contributed by atoms with Gasteiger partial charge in [-0.3, -0.25) is 4.90 Å². The Morgan fingerprint density at radius 3 is 2.67 bits per heavy atom. The molecular formula is C14H31N3O. The lowest BCUT2D eigenvalue weighted by molar-refractivity contribution is 0.0992. The minimum Gasteiger partial charge on any atom is -0.383 e. The summed E-state index contributed by atoms with van der Waals surface area (Å²) in [4.78, 5) is 5.00. The summed E-state index contributed by atoms with van der Waals surface area (Å²) in [5.74, 6) is 0. The third-order valence-corrected chi connectivity index (χ3v) is 3.76. The highest BCUT2D eigenvalue weighted by Crippen LogP contribution is 2.07. The quantitative estimate of drug-likeness (QED) is 0.592. The lowest BCUT2D eigenvalue weighted by Gasteiger charge is -2.29. The predicted octanol–water partition coefficient (Wildman–Crippen LogP) is 1.03. The molecule has 108 valence electrons. The summed E-state index contributed by atoms with van der Waals surface area (Å²) in [6.07, 6.45) is 3.95. The smallest absolute Gasteiger partial charge is 0.0630 e. The van der Waals surface area contributed by atoms with Crippen LogP contribution < -0.4 is 5.32 Å². The molecule has 1 saturated heterocycles. The van der Waals surface area contributed by atoms with Crippen molar-refractivity contribution in [1.29, 1.82) is 0 Å². The van der Waals surface area contributed by atoms with E-state index in [9.17, 15) is 0 Å². The summed E-state index contributed by atoms with van der Waals surface area (Å²) in [6.45, 7) is 10.1. The zero-order valence-corrected chi connectivity index (χ0v) is 12.5. The van der Waals surface area contributed by atoms with Crippen LogP contribution in [-0.4, -0.2) is 75.9 Å². The molecular weight excluding hydrogens is 226 g/mol. The van der Waals surface area contributed by atoms with Gasteiger partial charge in [-0.2, -0.15) is 0 Å². The van der Waals surface area contributed by atoms with E-state index in [0.29, 0.717) is 6.04 Å². The van der Waals surface area contributed by atoms with Crippen molar-refractivity contribution in [1.82, 2.24) is 15.1 Å². The van der Waals surface area contributed by atoms with Crippen LogP contribution in [0, 0.1) is 0 Å². The van der Waals surface area contributed by atoms with Crippen molar-refractivity contribution in [2.75, 3.05) is 60.0 Å². The van der Waals surface area contributed by atoms with E-state index in [1.54, 1.807) is 7.11 Å². The Hall–Kier alpha value is -0.160. The van der Waals surface area contributed by atoms with Crippen molar-refractivity contribution in [3.05, 3.63) is 0 Å². The van der Waals surface area contributed by atoms with E-state index in [0.717, 1.165) is 26.2 Å². The van der Waals surface area contributed by atoms with Gasteiger partial charge in [0.15, 0.2) is 0 Å². The van der Waals surface area contributed by atoms with E-state index in [1.807, 2.05) is 0 Å². The first kappa shape index (κ1) is 15.9. The summed E-state index contributed by atoms with van der Waals surface area (Å²) >= 11 is 0. The van der Waals surface area contributed by atoms with Crippen LogP contribution in [-0.2, 0) is 4.74 Å². The second-order valence-electron chi connectivity index (χ2n) is 5.34. The molecule has 0 radical (unpaired) electrons. The van der Waals surface area contributed by atoms with Gasteiger partial charge >= 0.3 is 0 Å². The molecule has 18 heavy (non-hydrogen) atoms. The first-order valence-electron chi connectivity index (χ1n) is 7.40. The van der Waals surface area contributed by atoms with Crippen molar-refractivity contribution in [2.24, 2.45) is 0 Å². The van der Waals surface area contributed by atoms with Crippen LogP contribution in [0.4, 0.5) is 0 Å². The van der Waals surface area contributed by atoms with Gasteiger partial charge in [0.1, 0.15) is 0 Å². The van der Waals surface area contributed by atoms with E-state index in [2.05, 4.69) is 29.1 Å². The molecule has 1 unspecified atom stereocenters. The van der Waals surface area contributed by atoms with Crippen LogP contribution in [0.1, 0.15) is 26.2 Å². The fourth-order valence-electron chi connectivity index (χ4n) is 2.47. The number of likely N-dealkylation sites (N-methyl/N-ethyl adjacent to an activating group) is 1. The highest BCUT2D eigenvalue weighted by atomic mass is 16.5. The van der Waals surface area contributed by atoms with Gasteiger partial charge in [0, 0.05) is 32.8 Å². The van der Waals surface area contributed by atoms with Crippen LogP contribution >= 0.6 is 0 Å². The van der Waals surface area contributed by atoms with Crippen LogP contribution in [0.2, 0.25) is 0 Å². The Morgan fingerprint density at radius 2 is 2.06 bits per heavy atom. The lowest BCUT2D eigenvalue weighted by Crippen LogP contribution is -2.45. The van der Waals surface area contributed by atoms with Crippen LogP contribution in [0.5, 0.6) is 0 Å². The molecule has 0 bridgehead atoms. The molecule has 1 rings (SSSR count). The average molecular weight is 257 g/mol. The van der Waals surface area contributed by atoms with Crippen LogP contribution in [0.25, 0.3) is 0 Å². The highest BCUT2D eigenvalue weighted by molar-refractivity contribution is 4.74. The Labute approximate surface area is 113 Å². The summed E-state index contributed by atoms with van der Waals surface area (Å²) in [5.41, 5.74) is 0. The maximum Gasteiger partial charge on any atom is 0.0630 e. The molecule has 1 N–H and O–H groups in total. The molecule has 0 aromatic heterocycles. The van der Waals surface area contributed by atoms with Crippen LogP contribution in [0.15, 0.2) is 0 Å². The fraction of sp³-hybridized carbons (Fsp3) is 1.00. The molecule has 1 aliphatic rings. The SMILES string of the molecule is CCCNCC(COC)N(C)CCN1CCCC1. The van der Waals surface area contributed by atoms with Gasteiger partial charge in [0.05, 0.1) is 6.61 Å². The van der Waals surface area contributed by atoms with E-state index in [4.69, 9.17) is 4.74 Å². The molecule has 4 nitrogen and oxygen atoms in total. The van der Waals surface area contributed by atoms with Gasteiger partial charge < -0.3 is 15.0 Å². The molecule has 0 aromatic rings. The first-order chi connectivity index (χ1) is 8.77. The van der Waals surface area contributed by atoms with Crippen LogP contribution in [0.3, 0.4) is 0 Å². The molecule has 0 aromatic carbocycles. The summed E-state index contributed by atoms with van der Waals surface area (Å²) in [6, 6.07) is 0.490. The average Bonchev–Trinajstić information content (AvgIpc) is 2.88. The largest absolute Gasteiger partial charge is 0.383 e. The van der Waals surface area contributed by atoms with E-state index < -0.39 is 0 Å². The van der Waals surface area contributed by atoms with Gasteiger partial charge in [-0.1, -0.05) is 6.92 Å². The van der Waals surface area contributed by atoms with E-state index >= 15 is 0 Å². The van der Waals surface area contributed by atoms with Gasteiger partial charge in [0.2, 0.25) is 0 Å². The number of nitrogens with one attached hydrogen (secondary N) is 1. The Kier molecular flexibility index (Phi) is 8.59. The standard InChI is InChI=1S/C14H31N3O/c1-4-7-15-12-14(13-18-3)16(2)10-11-17-8-5-6-9-17/h14-15H,4-13H2,1-3H3. The molecule has 1 fully saturated rings. The maximum atomic E-state index is 5.33. The molecule has 4 heteroatoms. The van der Waals surface area contributed by atoms with Crippen molar-refractivity contribution >= 4 is 0 Å². The van der Waals surface area contributed by atoms with Gasteiger partial charge in [-0.15, -0.1) is 0 Å². The van der Waals surface area contributed by atoms with E-state index in [1.165, 1.54) is 38.9 Å². The molecule has 1 atom stereocenters. The normalized spacial score (nSPS) is 18.7. The number of hydrogen-bond acceptors (Lipinski definition) is 4. The molecule has 0 aliphatic carbocycles. The summed E-state index contributed by atoms with van der Waals surface area (Å²) < 4.78 is 5.33. The number of nitrogens with zero attached hydrogens (tertiary/aromatic N) is 2. The number of hydrogen-bond donors (Lipinski definition) is 1. The second kappa shape index (κ2) is 9.73. The Morgan fingerprint density at radius 1 is 1.33 bits per heavy atom. The van der Waals surface area contributed by atoms with E-state index in [-0.39, 0.29) is 0 Å². The minimum absolute atomic E-state index is 0.490. The summed E-state index contributed by atoms with van der Waals surface area (Å²) in [5, 5.41) is 3.49. The third-order valence-electron chi connectivity index (χ3n) is 3.76. The fourth-order valence-corrected chi connectivity index (χ4v) is 2.47. The summed E-state index contributed by atoms with van der Waals surface area (Å²) in [7, 11) is 4.01. The Balaban J connectivity index is 2.21. The first-order valence-corrected chi connectivity index (χ1v) is 7.40. The van der Waals surface area contributed by atoms with Gasteiger partial charge in [-0.25, -0.2) is 0 Å². The zero-order chi connectivity index (χ0) is 13.2. The van der Waals surface area contributed by atoms with Crippen molar-refractivity contribution in [3.8, 4) is 0 Å². The maximum absolute atomic E-state index is 5.33. The molecule has 0 saturated carbocycles. The number of methoxy groups -OCH3 is 1. The molecule has 1 aliphatic heterocycles. The predicted molar refractivity (Wildman–Crippen MR) is 77.1 cm³/mol. The van der Waals surface area contributed by atoms with Crippen molar-refractivity contribution < 1.29 is 4.74 Å². The Bertz CT molecular complexity index is 195. The van der Waals surface area contributed by atoms with Crippen molar-refractivity contribution in [3.63, 3.8) is 0 Å². The number of likely N-dealkylation sites (tertiary alicyclic amines) is 1. The molecule has 0 amide bonds. The van der Waals surface area contributed by atoms with Gasteiger partial charge in [-0.05, 0) is 45.9 Å². The highest BCUT2D eigenvalue weighted by Gasteiger charge is 2.16. The van der Waals surface area contributed by atoms with Crippen molar-refractivity contribution in [2.45, 2.75) is 32.2 Å². The second-order valence-corrected chi connectivity index (χ2v) is 5.34. The minimum atomic E-state index is 0.490. The zero-order valence-electron chi connectivity index (χ0n) is 12.5. The van der Waals surface area contributed by atoms with Gasteiger partial charge in [0.25, 0.3) is 0 Å². The number of rotatable bonds is 10. The number of ether oxygens (including phenoxy) is 1. The molecule has 0 spiro atoms. The topological polar surface area (TPSA) is 27.7 Å².